The number of nitrogens with zero attached hydrogens (tertiary/aromatic N) is 1. The molecule has 3 rings (SSSR count). The average Bonchev–Trinajstić information content (AvgIpc) is 2.68. The van der Waals surface area contributed by atoms with Gasteiger partial charge in [0.1, 0.15) is 5.69 Å². The van der Waals surface area contributed by atoms with E-state index in [9.17, 15) is 13.2 Å². The summed E-state index contributed by atoms with van der Waals surface area (Å²) in [4.78, 5) is 17.4. The van der Waals surface area contributed by atoms with Gasteiger partial charge in [-0.2, -0.15) is 0 Å². The van der Waals surface area contributed by atoms with Crippen LogP contribution in [0.15, 0.2) is 71.8 Å². The molecule has 0 fully saturated rings. The van der Waals surface area contributed by atoms with Crippen LogP contribution < -0.4 is 4.72 Å². The molecule has 1 N–H and O–H groups in total. The number of hydrogen-bond donors (Lipinski definition) is 1. The predicted molar refractivity (Wildman–Crippen MR) is 105 cm³/mol. The van der Waals surface area contributed by atoms with Crippen molar-refractivity contribution in [2.45, 2.75) is 25.2 Å². The number of nitrogens with one attached hydrogen (secondary N) is 1. The Morgan fingerprint density at radius 1 is 1.00 bits per heavy atom. The summed E-state index contributed by atoms with van der Waals surface area (Å²) in [5.74, 6) is -0.311. The van der Waals surface area contributed by atoms with Crippen molar-refractivity contribution in [3.8, 4) is 0 Å². The van der Waals surface area contributed by atoms with Gasteiger partial charge in [-0.25, -0.2) is 8.42 Å². The largest absolute Gasteiger partial charge is 0.287 e. The van der Waals surface area contributed by atoms with E-state index in [4.69, 9.17) is 0 Å². The topological polar surface area (TPSA) is 76.1 Å². The highest BCUT2D eigenvalue weighted by Gasteiger charge is 2.21. The molecule has 0 unspecified atom stereocenters. The highest BCUT2D eigenvalue weighted by molar-refractivity contribution is 7.92. The number of hydrogen-bond acceptors (Lipinski definition) is 4. The van der Waals surface area contributed by atoms with Crippen molar-refractivity contribution < 1.29 is 13.2 Å². The smallest absolute Gasteiger partial charge is 0.261 e. The highest BCUT2D eigenvalue weighted by atomic mass is 32.2. The lowest BCUT2D eigenvalue weighted by Crippen LogP contribution is -2.17. The minimum absolute atomic E-state index is 0.134. The normalized spacial score (nSPS) is 11.2. The van der Waals surface area contributed by atoms with E-state index >= 15 is 0 Å². The molecular weight excluding hydrogens is 360 g/mol. The first-order chi connectivity index (χ1) is 12.9. The lowest BCUT2D eigenvalue weighted by molar-refractivity contribution is 0.103. The Hall–Kier alpha value is -2.99. The van der Waals surface area contributed by atoms with Crippen LogP contribution in [0.1, 0.15) is 34.1 Å². The molecule has 0 amide bonds. The molecule has 5 nitrogen and oxygen atoms in total. The molecule has 0 radical (unpaired) electrons. The minimum Gasteiger partial charge on any atom is -0.287 e. The van der Waals surface area contributed by atoms with Gasteiger partial charge in [0.15, 0.2) is 0 Å². The maximum atomic E-state index is 13.1. The van der Waals surface area contributed by atoms with Gasteiger partial charge in [-0.05, 0) is 54.8 Å². The Balaban J connectivity index is 2.01. The van der Waals surface area contributed by atoms with Crippen molar-refractivity contribution in [2.24, 2.45) is 0 Å². The number of carbonyl (C=O) groups excluding carboxylic acids is 1. The van der Waals surface area contributed by atoms with E-state index in [1.807, 2.05) is 19.9 Å². The zero-order valence-corrected chi connectivity index (χ0v) is 16.0. The molecule has 6 heteroatoms. The second-order valence-corrected chi connectivity index (χ2v) is 7.77. The SMILES string of the molecule is CCc1ccnc(C(=O)c2ccccc2NS(=O)(=O)c2ccccc2)c1C. The van der Waals surface area contributed by atoms with Gasteiger partial charge in [0.25, 0.3) is 10.0 Å². The van der Waals surface area contributed by atoms with Crippen LogP contribution in [0.25, 0.3) is 0 Å². The molecule has 0 spiro atoms. The Morgan fingerprint density at radius 2 is 1.67 bits per heavy atom. The molecule has 2 aromatic carbocycles. The van der Waals surface area contributed by atoms with Gasteiger partial charge >= 0.3 is 0 Å². The van der Waals surface area contributed by atoms with Crippen LogP contribution in [0, 0.1) is 6.92 Å². The molecule has 0 aliphatic carbocycles. The standard InChI is InChI=1S/C21H20N2O3S/c1-3-16-13-14-22-20(15(16)2)21(24)18-11-7-8-12-19(18)23-27(25,26)17-9-5-4-6-10-17/h4-14,23H,3H2,1-2H3. The summed E-state index contributed by atoms with van der Waals surface area (Å²) in [5.41, 5.74) is 2.68. The molecule has 1 aromatic heterocycles. The molecule has 0 aliphatic heterocycles. The van der Waals surface area contributed by atoms with Crippen LogP contribution in [-0.2, 0) is 16.4 Å². The summed E-state index contributed by atoms with van der Waals surface area (Å²) in [7, 11) is -3.80. The van der Waals surface area contributed by atoms with E-state index in [0.29, 0.717) is 5.69 Å². The van der Waals surface area contributed by atoms with Crippen LogP contribution in [-0.4, -0.2) is 19.2 Å². The number of sulfonamides is 1. The van der Waals surface area contributed by atoms with E-state index in [-0.39, 0.29) is 21.9 Å². The van der Waals surface area contributed by atoms with Crippen molar-refractivity contribution >= 4 is 21.5 Å². The van der Waals surface area contributed by atoms with Gasteiger partial charge in [0.2, 0.25) is 5.78 Å². The van der Waals surface area contributed by atoms with Gasteiger partial charge in [-0.3, -0.25) is 14.5 Å². The van der Waals surface area contributed by atoms with Crippen LogP contribution >= 0.6 is 0 Å². The quantitative estimate of drug-likeness (QED) is 0.656. The van der Waals surface area contributed by atoms with E-state index in [2.05, 4.69) is 9.71 Å². The molecule has 138 valence electrons. The van der Waals surface area contributed by atoms with Crippen molar-refractivity contribution in [1.82, 2.24) is 4.98 Å². The Bertz CT molecular complexity index is 1080. The lowest BCUT2D eigenvalue weighted by atomic mass is 9.99. The Morgan fingerprint density at radius 3 is 2.37 bits per heavy atom. The van der Waals surface area contributed by atoms with Crippen LogP contribution in [0.4, 0.5) is 5.69 Å². The second-order valence-electron chi connectivity index (χ2n) is 6.09. The first kappa shape index (κ1) is 18.8. The molecule has 3 aromatic rings. The monoisotopic (exact) mass is 380 g/mol. The number of carbonyl (C=O) groups is 1. The minimum atomic E-state index is -3.80. The summed E-state index contributed by atoms with van der Waals surface area (Å²) < 4.78 is 27.8. The van der Waals surface area contributed by atoms with Crippen molar-refractivity contribution in [3.05, 3.63) is 89.2 Å². The number of anilines is 1. The third-order valence-electron chi connectivity index (χ3n) is 4.38. The van der Waals surface area contributed by atoms with E-state index in [0.717, 1.165) is 17.5 Å². The zero-order valence-electron chi connectivity index (χ0n) is 15.1. The van der Waals surface area contributed by atoms with E-state index in [1.54, 1.807) is 48.7 Å². The van der Waals surface area contributed by atoms with Crippen LogP contribution in [0.2, 0.25) is 0 Å². The first-order valence-corrected chi connectivity index (χ1v) is 10.1. The third-order valence-corrected chi connectivity index (χ3v) is 5.76. The molecule has 27 heavy (non-hydrogen) atoms. The first-order valence-electron chi connectivity index (χ1n) is 8.60. The van der Waals surface area contributed by atoms with Crippen molar-refractivity contribution in [1.29, 1.82) is 0 Å². The predicted octanol–water partition coefficient (Wildman–Crippen LogP) is 3.98. The van der Waals surface area contributed by atoms with Crippen molar-refractivity contribution in [3.63, 3.8) is 0 Å². The number of benzene rings is 2. The summed E-state index contributed by atoms with van der Waals surface area (Å²) in [6, 6.07) is 16.5. The van der Waals surface area contributed by atoms with Gasteiger partial charge in [0.05, 0.1) is 10.6 Å². The molecule has 0 atom stereocenters. The van der Waals surface area contributed by atoms with Crippen LogP contribution in [0.5, 0.6) is 0 Å². The number of aryl methyl sites for hydroxylation is 1. The zero-order chi connectivity index (χ0) is 19.4. The number of pyridine rings is 1. The summed E-state index contributed by atoms with van der Waals surface area (Å²) >= 11 is 0. The van der Waals surface area contributed by atoms with E-state index < -0.39 is 10.0 Å². The average molecular weight is 380 g/mol. The molecule has 0 saturated heterocycles. The summed E-state index contributed by atoms with van der Waals surface area (Å²) in [6.45, 7) is 3.87. The van der Waals surface area contributed by atoms with Gasteiger partial charge < -0.3 is 0 Å². The highest BCUT2D eigenvalue weighted by Crippen LogP contribution is 2.24. The number of ketones is 1. The summed E-state index contributed by atoms with van der Waals surface area (Å²) in [6.07, 6.45) is 2.40. The van der Waals surface area contributed by atoms with Gasteiger partial charge in [0, 0.05) is 11.8 Å². The lowest BCUT2D eigenvalue weighted by Gasteiger charge is -2.13. The fourth-order valence-corrected chi connectivity index (χ4v) is 3.99. The fraction of sp³-hybridized carbons (Fsp3) is 0.143. The van der Waals surface area contributed by atoms with Gasteiger partial charge in [-0.1, -0.05) is 37.3 Å². The maximum Gasteiger partial charge on any atom is 0.261 e. The number of rotatable bonds is 6. The Kier molecular flexibility index (Phi) is 5.37. The fourth-order valence-electron chi connectivity index (χ4n) is 2.89. The van der Waals surface area contributed by atoms with E-state index in [1.165, 1.54) is 12.1 Å². The van der Waals surface area contributed by atoms with Crippen molar-refractivity contribution in [2.75, 3.05) is 4.72 Å². The summed E-state index contributed by atoms with van der Waals surface area (Å²) in [5, 5.41) is 0. The number of aromatic nitrogens is 1. The number of para-hydroxylation sites is 1. The van der Waals surface area contributed by atoms with Gasteiger partial charge in [-0.15, -0.1) is 0 Å². The van der Waals surface area contributed by atoms with Crippen LogP contribution in [0.3, 0.4) is 0 Å². The maximum absolute atomic E-state index is 13.1. The molecule has 0 saturated carbocycles. The molecule has 0 bridgehead atoms. The second kappa shape index (κ2) is 7.72. The molecule has 1 heterocycles. The Labute approximate surface area is 159 Å². The third kappa shape index (κ3) is 3.90. The molecule has 0 aliphatic rings. The molecular formula is C21H20N2O3S.